The number of fused-ring (bicyclic) bond motifs is 2. The smallest absolute Gasteiger partial charge is 0.249 e. The summed E-state index contributed by atoms with van der Waals surface area (Å²) in [7, 11) is 0. The fraction of sp³-hybridized carbons (Fsp3) is 0.618. The SMILES string of the molecule is CCOc1ccc(N2CC=C[C@]3(C)O[C@]45C=CCN(C(C)(C)CC(C)(C)C)C(=O)C4N(CCCO)C(=O)[C@@H]5[C@@H]3C2=O)cc1. The van der Waals surface area contributed by atoms with E-state index in [1.54, 1.807) is 9.80 Å². The molecule has 4 heterocycles. The van der Waals surface area contributed by atoms with Gasteiger partial charge in [0.15, 0.2) is 0 Å². The van der Waals surface area contributed by atoms with Crippen LogP contribution in [0.1, 0.15) is 61.3 Å². The van der Waals surface area contributed by atoms with Crippen LogP contribution in [-0.4, -0.2) is 88.3 Å². The fourth-order valence-corrected chi connectivity index (χ4v) is 8.06. The Kier molecular flexibility index (Phi) is 8.05. The number of likely N-dealkylation sites (tertiary alicyclic amines) is 1. The molecule has 1 unspecified atom stereocenters. The zero-order valence-electron chi connectivity index (χ0n) is 26.6. The number of amides is 3. The van der Waals surface area contributed by atoms with Crippen molar-refractivity contribution in [3.8, 4) is 5.75 Å². The van der Waals surface area contributed by atoms with Gasteiger partial charge in [-0.25, -0.2) is 0 Å². The summed E-state index contributed by atoms with van der Waals surface area (Å²) >= 11 is 0. The Morgan fingerprint density at radius 1 is 0.953 bits per heavy atom. The lowest BCUT2D eigenvalue weighted by atomic mass is 9.74. The van der Waals surface area contributed by atoms with Gasteiger partial charge in [-0.05, 0) is 70.2 Å². The fourth-order valence-electron chi connectivity index (χ4n) is 8.06. The number of ether oxygens (including phenoxy) is 2. The van der Waals surface area contributed by atoms with E-state index in [1.807, 2.05) is 67.3 Å². The molecule has 9 heteroatoms. The molecule has 1 N–H and O–H groups in total. The van der Waals surface area contributed by atoms with Crippen LogP contribution in [0.25, 0.3) is 0 Å². The highest BCUT2D eigenvalue weighted by Gasteiger charge is 2.75. The van der Waals surface area contributed by atoms with Crippen LogP contribution in [0.3, 0.4) is 0 Å². The van der Waals surface area contributed by atoms with Gasteiger partial charge >= 0.3 is 0 Å². The number of hydrogen-bond acceptors (Lipinski definition) is 6. The van der Waals surface area contributed by atoms with Gasteiger partial charge in [-0.15, -0.1) is 0 Å². The van der Waals surface area contributed by atoms with Crippen molar-refractivity contribution in [3.05, 3.63) is 48.6 Å². The van der Waals surface area contributed by atoms with Gasteiger partial charge in [-0.1, -0.05) is 45.1 Å². The third kappa shape index (κ3) is 5.29. The maximum atomic E-state index is 14.7. The molecule has 5 rings (SSSR count). The normalized spacial score (nSPS) is 30.7. The van der Waals surface area contributed by atoms with E-state index in [1.165, 1.54) is 0 Å². The van der Waals surface area contributed by atoms with Gasteiger partial charge in [0.1, 0.15) is 17.4 Å². The van der Waals surface area contributed by atoms with Crippen LogP contribution in [0.4, 0.5) is 5.69 Å². The standard InChI is InChI=1S/C34H47N3O6/c1-8-42-24-14-12-23(13-15-24)35-18-9-16-33(7)25(28(35)39)26-29(40)36(19-11-21-38)27-30(41)37(20-10-17-34(26,27)43-33)32(5,6)22-31(2,3)4/h9-10,12-17,25-27,38H,8,11,18-22H2,1-7H3/t25-,26+,27?,33+,34+/m1/s1. The molecule has 0 saturated carbocycles. The van der Waals surface area contributed by atoms with E-state index in [2.05, 4.69) is 34.6 Å². The Hall–Kier alpha value is -3.17. The van der Waals surface area contributed by atoms with E-state index in [4.69, 9.17) is 9.47 Å². The van der Waals surface area contributed by atoms with Crippen molar-refractivity contribution in [2.75, 3.05) is 37.7 Å². The molecule has 9 nitrogen and oxygen atoms in total. The molecule has 0 radical (unpaired) electrons. The van der Waals surface area contributed by atoms with Gasteiger partial charge in [0.25, 0.3) is 0 Å². The van der Waals surface area contributed by atoms with E-state index in [0.29, 0.717) is 37.6 Å². The molecule has 0 aromatic heterocycles. The van der Waals surface area contributed by atoms with Crippen LogP contribution >= 0.6 is 0 Å². The third-order valence-corrected chi connectivity index (χ3v) is 9.27. The molecule has 3 amide bonds. The minimum absolute atomic E-state index is 0.0336. The highest BCUT2D eigenvalue weighted by Crippen LogP contribution is 2.58. The van der Waals surface area contributed by atoms with Crippen LogP contribution in [0.5, 0.6) is 5.75 Å². The van der Waals surface area contributed by atoms with Crippen molar-refractivity contribution in [2.45, 2.75) is 84.1 Å². The first-order valence-electron chi connectivity index (χ1n) is 15.5. The molecule has 4 aliphatic heterocycles. The zero-order valence-corrected chi connectivity index (χ0v) is 26.6. The topological polar surface area (TPSA) is 99.6 Å². The number of aliphatic hydroxyl groups is 1. The highest BCUT2D eigenvalue weighted by atomic mass is 16.5. The van der Waals surface area contributed by atoms with Gasteiger partial charge in [0.05, 0.1) is 24.0 Å². The second-order valence-electron chi connectivity index (χ2n) is 14.3. The molecular formula is C34H47N3O6. The molecule has 1 spiro atoms. The largest absolute Gasteiger partial charge is 0.494 e. The number of carbonyl (C=O) groups is 3. The lowest BCUT2D eigenvalue weighted by molar-refractivity contribution is -0.155. The molecular weight excluding hydrogens is 546 g/mol. The number of anilines is 1. The lowest BCUT2D eigenvalue weighted by Gasteiger charge is -2.44. The number of nitrogens with zero attached hydrogens (tertiary/aromatic N) is 3. The number of hydrogen-bond donors (Lipinski definition) is 1. The summed E-state index contributed by atoms with van der Waals surface area (Å²) in [4.78, 5) is 48.8. The maximum absolute atomic E-state index is 14.7. The van der Waals surface area contributed by atoms with Crippen LogP contribution in [0.15, 0.2) is 48.6 Å². The summed E-state index contributed by atoms with van der Waals surface area (Å²) in [5.74, 6) is -1.72. The first-order chi connectivity index (χ1) is 20.2. The van der Waals surface area contributed by atoms with Gasteiger partial charge < -0.3 is 29.3 Å². The van der Waals surface area contributed by atoms with Gasteiger partial charge in [0.2, 0.25) is 17.7 Å². The number of carbonyl (C=O) groups excluding carboxylic acids is 3. The molecule has 5 atom stereocenters. The molecule has 1 aromatic carbocycles. The first kappa shape index (κ1) is 31.3. The molecule has 4 aliphatic rings. The van der Waals surface area contributed by atoms with Crippen LogP contribution in [0, 0.1) is 17.3 Å². The molecule has 43 heavy (non-hydrogen) atoms. The van der Waals surface area contributed by atoms with Crippen molar-refractivity contribution in [2.24, 2.45) is 17.3 Å². The van der Waals surface area contributed by atoms with Crippen molar-refractivity contribution >= 4 is 23.4 Å². The summed E-state index contributed by atoms with van der Waals surface area (Å²) in [5, 5.41) is 9.70. The lowest BCUT2D eigenvalue weighted by Crippen LogP contribution is -2.60. The highest BCUT2D eigenvalue weighted by molar-refractivity contribution is 6.04. The maximum Gasteiger partial charge on any atom is 0.249 e. The van der Waals surface area contributed by atoms with E-state index in [0.717, 1.165) is 6.42 Å². The van der Waals surface area contributed by atoms with Gasteiger partial charge in [-0.3, -0.25) is 14.4 Å². The summed E-state index contributed by atoms with van der Waals surface area (Å²) in [5.41, 5.74) is -2.25. The summed E-state index contributed by atoms with van der Waals surface area (Å²) in [6, 6.07) is 6.42. The third-order valence-electron chi connectivity index (χ3n) is 9.27. The Bertz CT molecular complexity index is 1310. The Balaban J connectivity index is 1.58. The zero-order chi connectivity index (χ0) is 31.4. The Morgan fingerprint density at radius 2 is 1.63 bits per heavy atom. The average Bonchev–Trinajstić information content (AvgIpc) is 3.17. The number of rotatable bonds is 8. The van der Waals surface area contributed by atoms with Crippen molar-refractivity contribution in [3.63, 3.8) is 0 Å². The van der Waals surface area contributed by atoms with Gasteiger partial charge in [-0.2, -0.15) is 0 Å². The second-order valence-corrected chi connectivity index (χ2v) is 14.3. The predicted octanol–water partition coefficient (Wildman–Crippen LogP) is 3.95. The minimum atomic E-state index is -1.32. The molecule has 0 bridgehead atoms. The Morgan fingerprint density at radius 3 is 2.26 bits per heavy atom. The van der Waals surface area contributed by atoms with Crippen LogP contribution < -0.4 is 9.64 Å². The van der Waals surface area contributed by atoms with Crippen LogP contribution in [0.2, 0.25) is 0 Å². The number of benzene rings is 1. The minimum Gasteiger partial charge on any atom is -0.494 e. The summed E-state index contributed by atoms with van der Waals surface area (Å²) in [6.45, 7) is 15.7. The molecule has 2 fully saturated rings. The molecule has 1 aromatic rings. The van der Waals surface area contributed by atoms with E-state index in [-0.39, 0.29) is 36.3 Å². The molecule has 2 saturated heterocycles. The average molecular weight is 594 g/mol. The van der Waals surface area contributed by atoms with E-state index >= 15 is 0 Å². The summed E-state index contributed by atoms with van der Waals surface area (Å²) in [6.07, 6.45) is 8.70. The van der Waals surface area contributed by atoms with Crippen molar-refractivity contribution in [1.82, 2.24) is 9.80 Å². The quantitative estimate of drug-likeness (QED) is 0.459. The molecule has 234 valence electrons. The first-order valence-corrected chi connectivity index (χ1v) is 15.5. The molecule has 0 aliphatic carbocycles. The predicted molar refractivity (Wildman–Crippen MR) is 165 cm³/mol. The Labute approximate surface area is 255 Å². The summed E-state index contributed by atoms with van der Waals surface area (Å²) < 4.78 is 12.5. The van der Waals surface area contributed by atoms with E-state index < -0.39 is 34.6 Å². The van der Waals surface area contributed by atoms with E-state index in [9.17, 15) is 19.5 Å². The second kappa shape index (κ2) is 11.1. The van der Waals surface area contributed by atoms with Crippen molar-refractivity contribution < 1.29 is 29.0 Å². The van der Waals surface area contributed by atoms with Crippen LogP contribution in [-0.2, 0) is 19.1 Å². The number of aliphatic hydroxyl groups excluding tert-OH is 1. The van der Waals surface area contributed by atoms with Gasteiger partial charge in [0, 0.05) is 37.5 Å². The monoisotopic (exact) mass is 593 g/mol. The van der Waals surface area contributed by atoms with Crippen molar-refractivity contribution in [1.29, 1.82) is 0 Å².